The average Bonchev–Trinajstić information content (AvgIpc) is 2.78. The first-order chi connectivity index (χ1) is 6.29. The minimum atomic E-state index is 0.270. The molecule has 1 saturated carbocycles. The average molecular weight is 181 g/mol. The Bertz CT molecular complexity index is 191. The summed E-state index contributed by atoms with van der Waals surface area (Å²) in [7, 11) is 0. The molecule has 2 unspecified atom stereocenters. The number of hydrogen-bond acceptors (Lipinski definition) is 2. The van der Waals surface area contributed by atoms with Crippen LogP contribution in [0.1, 0.15) is 39.0 Å². The molecule has 13 heavy (non-hydrogen) atoms. The Hall–Kier alpha value is -0.660. The van der Waals surface area contributed by atoms with Crippen LogP contribution in [0.4, 0.5) is 0 Å². The molecule has 1 fully saturated rings. The molecule has 0 spiro atoms. The highest BCUT2D eigenvalue weighted by Crippen LogP contribution is 2.58. The van der Waals surface area contributed by atoms with Gasteiger partial charge in [0, 0.05) is 0 Å². The van der Waals surface area contributed by atoms with Gasteiger partial charge in [0.25, 0.3) is 0 Å². The lowest BCUT2D eigenvalue weighted by molar-refractivity contribution is 0.418. The summed E-state index contributed by atoms with van der Waals surface area (Å²) >= 11 is 0. The van der Waals surface area contributed by atoms with Crippen LogP contribution in [0.2, 0.25) is 0 Å². The van der Waals surface area contributed by atoms with Crippen LogP contribution in [0.5, 0.6) is 0 Å². The van der Waals surface area contributed by atoms with E-state index in [1.54, 1.807) is 0 Å². The standard InChI is InChI=1S/C11H19NO/c1-3-5-7-11(9-12-13)8-10(11)6-4-2/h3,10H,1,4-9H2,2H3. The quantitative estimate of drug-likeness (QED) is 0.436. The van der Waals surface area contributed by atoms with Crippen molar-refractivity contribution in [3.63, 3.8) is 0 Å². The number of hydrogen-bond donors (Lipinski definition) is 0. The fourth-order valence-electron chi connectivity index (χ4n) is 2.29. The van der Waals surface area contributed by atoms with E-state index in [0.717, 1.165) is 18.8 Å². The van der Waals surface area contributed by atoms with Gasteiger partial charge in [-0.05, 0) is 30.6 Å². The second kappa shape index (κ2) is 4.54. The first-order valence-corrected chi connectivity index (χ1v) is 5.19. The summed E-state index contributed by atoms with van der Waals surface area (Å²) in [4.78, 5) is 10.3. The Morgan fingerprint density at radius 3 is 3.00 bits per heavy atom. The molecule has 0 aromatic heterocycles. The van der Waals surface area contributed by atoms with Crippen molar-refractivity contribution in [2.75, 3.05) is 6.54 Å². The molecule has 0 radical (unpaired) electrons. The molecule has 74 valence electrons. The van der Waals surface area contributed by atoms with Crippen LogP contribution in [-0.2, 0) is 0 Å². The van der Waals surface area contributed by atoms with Gasteiger partial charge in [-0.2, -0.15) is 4.91 Å². The lowest BCUT2D eigenvalue weighted by Gasteiger charge is -2.11. The maximum absolute atomic E-state index is 10.3. The summed E-state index contributed by atoms with van der Waals surface area (Å²) in [5.41, 5.74) is 0.270. The highest BCUT2D eigenvalue weighted by Gasteiger charge is 2.52. The Morgan fingerprint density at radius 2 is 2.46 bits per heavy atom. The van der Waals surface area contributed by atoms with E-state index < -0.39 is 0 Å². The highest BCUT2D eigenvalue weighted by molar-refractivity contribution is 5.03. The first kappa shape index (κ1) is 10.4. The maximum atomic E-state index is 10.3. The van der Waals surface area contributed by atoms with Crippen LogP contribution in [0.25, 0.3) is 0 Å². The van der Waals surface area contributed by atoms with Crippen molar-refractivity contribution < 1.29 is 0 Å². The molecule has 0 N–H and O–H groups in total. The van der Waals surface area contributed by atoms with Crippen molar-refractivity contribution in [2.45, 2.75) is 39.0 Å². The first-order valence-electron chi connectivity index (χ1n) is 5.19. The molecule has 0 saturated heterocycles. The third-order valence-electron chi connectivity index (χ3n) is 3.22. The zero-order chi connectivity index (χ0) is 9.73. The van der Waals surface area contributed by atoms with Gasteiger partial charge in [-0.3, -0.25) is 0 Å². The Kier molecular flexibility index (Phi) is 3.64. The predicted octanol–water partition coefficient (Wildman–Crippen LogP) is 3.53. The van der Waals surface area contributed by atoms with E-state index >= 15 is 0 Å². The Balaban J connectivity index is 2.39. The molecule has 0 amide bonds. The van der Waals surface area contributed by atoms with Gasteiger partial charge in [-0.25, -0.2) is 0 Å². The van der Waals surface area contributed by atoms with Crippen LogP contribution >= 0.6 is 0 Å². The molecular formula is C11H19NO. The summed E-state index contributed by atoms with van der Waals surface area (Å²) in [6, 6.07) is 0. The summed E-state index contributed by atoms with van der Waals surface area (Å²) in [5, 5.41) is 3.07. The minimum absolute atomic E-state index is 0.270. The number of nitrogens with zero attached hydrogens (tertiary/aromatic N) is 1. The lowest BCUT2D eigenvalue weighted by Crippen LogP contribution is -2.08. The van der Waals surface area contributed by atoms with E-state index in [-0.39, 0.29) is 5.41 Å². The molecule has 0 aromatic rings. The second-order valence-corrected chi connectivity index (χ2v) is 4.17. The molecule has 1 rings (SSSR count). The van der Waals surface area contributed by atoms with E-state index in [0.29, 0.717) is 6.54 Å². The van der Waals surface area contributed by atoms with Gasteiger partial charge in [0.1, 0.15) is 0 Å². The summed E-state index contributed by atoms with van der Waals surface area (Å²) < 4.78 is 0. The van der Waals surface area contributed by atoms with E-state index in [1.165, 1.54) is 19.3 Å². The molecule has 1 aliphatic rings. The predicted molar refractivity (Wildman–Crippen MR) is 55.5 cm³/mol. The zero-order valence-corrected chi connectivity index (χ0v) is 8.46. The largest absolute Gasteiger partial charge is 0.151 e. The minimum Gasteiger partial charge on any atom is -0.151 e. The highest BCUT2D eigenvalue weighted by atomic mass is 16.3. The molecule has 0 heterocycles. The Labute approximate surface area is 80.4 Å². The Morgan fingerprint density at radius 1 is 1.69 bits per heavy atom. The summed E-state index contributed by atoms with van der Waals surface area (Å²) in [5.74, 6) is 0.759. The monoisotopic (exact) mass is 181 g/mol. The second-order valence-electron chi connectivity index (χ2n) is 4.17. The lowest BCUT2D eigenvalue weighted by atomic mass is 9.95. The van der Waals surface area contributed by atoms with Crippen molar-refractivity contribution in [1.29, 1.82) is 0 Å². The van der Waals surface area contributed by atoms with Crippen molar-refractivity contribution >= 4 is 0 Å². The number of nitroso groups, excluding NO2 is 1. The molecule has 2 heteroatoms. The molecule has 2 atom stereocenters. The van der Waals surface area contributed by atoms with E-state index in [2.05, 4.69) is 18.7 Å². The summed E-state index contributed by atoms with van der Waals surface area (Å²) in [6.07, 6.45) is 7.75. The van der Waals surface area contributed by atoms with Gasteiger partial charge in [0.15, 0.2) is 0 Å². The van der Waals surface area contributed by atoms with E-state index in [4.69, 9.17) is 0 Å². The SMILES string of the molecule is C=CCCC1(CN=O)CC1CCC. The van der Waals surface area contributed by atoms with Crippen LogP contribution in [0, 0.1) is 16.2 Å². The third kappa shape index (κ3) is 2.39. The summed E-state index contributed by atoms with van der Waals surface area (Å²) in [6.45, 7) is 6.43. The smallest absolute Gasteiger partial charge is 0.0870 e. The van der Waals surface area contributed by atoms with Crippen LogP contribution in [0.15, 0.2) is 17.8 Å². The van der Waals surface area contributed by atoms with Crippen LogP contribution in [-0.4, -0.2) is 6.54 Å². The van der Waals surface area contributed by atoms with Crippen molar-refractivity contribution in [3.8, 4) is 0 Å². The van der Waals surface area contributed by atoms with Gasteiger partial charge in [0.05, 0.1) is 6.54 Å². The van der Waals surface area contributed by atoms with Crippen molar-refractivity contribution in [1.82, 2.24) is 0 Å². The topological polar surface area (TPSA) is 29.4 Å². The number of allylic oxidation sites excluding steroid dienone is 1. The molecule has 1 aliphatic carbocycles. The van der Waals surface area contributed by atoms with Gasteiger partial charge < -0.3 is 0 Å². The van der Waals surface area contributed by atoms with Crippen molar-refractivity contribution in [3.05, 3.63) is 17.6 Å². The number of rotatable bonds is 7. The van der Waals surface area contributed by atoms with Gasteiger partial charge in [-0.1, -0.05) is 31.0 Å². The van der Waals surface area contributed by atoms with Gasteiger partial charge in [0.2, 0.25) is 0 Å². The van der Waals surface area contributed by atoms with E-state index in [9.17, 15) is 4.91 Å². The molecular weight excluding hydrogens is 162 g/mol. The molecule has 2 nitrogen and oxygen atoms in total. The molecule has 0 aliphatic heterocycles. The van der Waals surface area contributed by atoms with Gasteiger partial charge in [-0.15, -0.1) is 6.58 Å². The third-order valence-corrected chi connectivity index (χ3v) is 3.22. The maximum Gasteiger partial charge on any atom is 0.0870 e. The van der Waals surface area contributed by atoms with E-state index in [1.807, 2.05) is 6.08 Å². The fourth-order valence-corrected chi connectivity index (χ4v) is 2.29. The van der Waals surface area contributed by atoms with Crippen LogP contribution < -0.4 is 0 Å². The van der Waals surface area contributed by atoms with Gasteiger partial charge >= 0.3 is 0 Å². The normalized spacial score (nSPS) is 31.3. The van der Waals surface area contributed by atoms with Crippen LogP contribution in [0.3, 0.4) is 0 Å². The molecule has 0 bridgehead atoms. The zero-order valence-electron chi connectivity index (χ0n) is 8.46. The fraction of sp³-hybridized carbons (Fsp3) is 0.818. The van der Waals surface area contributed by atoms with Crippen molar-refractivity contribution in [2.24, 2.45) is 16.5 Å². The molecule has 0 aromatic carbocycles.